The number of aliphatic hydroxyl groups is 5. The Morgan fingerprint density at radius 3 is 1.42 bits per heavy atom. The average Bonchev–Trinajstić information content (AvgIpc) is 3.23. The van der Waals surface area contributed by atoms with Gasteiger partial charge in [-0.25, -0.2) is 0 Å². The van der Waals surface area contributed by atoms with Gasteiger partial charge in [0, 0.05) is 6.42 Å². The highest BCUT2D eigenvalue weighted by Gasteiger charge is 2.44. The fourth-order valence-electron chi connectivity index (χ4n) is 7.72. The Hall–Kier alpha value is -1.59. The van der Waals surface area contributed by atoms with Crippen LogP contribution in [0.4, 0.5) is 0 Å². The van der Waals surface area contributed by atoms with Crippen LogP contribution in [0, 0.1) is 0 Å². The van der Waals surface area contributed by atoms with E-state index in [1.807, 2.05) is 6.08 Å². The quantitative estimate of drug-likeness (QED) is 0.0263. The Morgan fingerprint density at radius 1 is 0.559 bits per heavy atom. The van der Waals surface area contributed by atoms with Gasteiger partial charge in [0.25, 0.3) is 0 Å². The van der Waals surface area contributed by atoms with E-state index >= 15 is 0 Å². The fourth-order valence-corrected chi connectivity index (χ4v) is 7.72. The molecule has 1 aliphatic heterocycles. The van der Waals surface area contributed by atoms with Crippen LogP contribution < -0.4 is 5.32 Å². The molecule has 9 heteroatoms. The zero-order chi connectivity index (χ0) is 43.0. The zero-order valence-corrected chi connectivity index (χ0v) is 38.0. The number of unbranched alkanes of at least 4 members (excludes halogenated alkanes) is 27. The molecule has 0 aromatic carbocycles. The summed E-state index contributed by atoms with van der Waals surface area (Å²) >= 11 is 0. The molecule has 6 N–H and O–H groups in total. The lowest BCUT2D eigenvalue weighted by Crippen LogP contribution is -2.60. The Bertz CT molecular complexity index is 1020. The van der Waals surface area contributed by atoms with Gasteiger partial charge in [-0.1, -0.05) is 204 Å². The van der Waals surface area contributed by atoms with E-state index in [0.29, 0.717) is 6.42 Å². The molecule has 0 bridgehead atoms. The Kier molecular flexibility index (Phi) is 38.0. The van der Waals surface area contributed by atoms with E-state index in [1.165, 1.54) is 154 Å². The number of carbonyl (C=O) groups excluding carboxylic acids is 1. The van der Waals surface area contributed by atoms with Crippen molar-refractivity contribution < 1.29 is 39.8 Å². The van der Waals surface area contributed by atoms with E-state index < -0.39 is 49.5 Å². The van der Waals surface area contributed by atoms with Crippen molar-refractivity contribution in [3.05, 3.63) is 36.5 Å². The van der Waals surface area contributed by atoms with Crippen LogP contribution in [0.5, 0.6) is 0 Å². The van der Waals surface area contributed by atoms with Crippen molar-refractivity contribution in [2.75, 3.05) is 13.2 Å². The van der Waals surface area contributed by atoms with Crippen LogP contribution in [0.2, 0.25) is 0 Å². The van der Waals surface area contributed by atoms with E-state index in [4.69, 9.17) is 9.47 Å². The third-order valence-electron chi connectivity index (χ3n) is 11.7. The minimum absolute atomic E-state index is 0.190. The number of amides is 1. The Morgan fingerprint density at radius 2 is 0.966 bits per heavy atom. The molecule has 1 fully saturated rings. The normalized spacial score (nSPS) is 21.0. The van der Waals surface area contributed by atoms with Gasteiger partial charge < -0.3 is 40.3 Å². The molecule has 7 atom stereocenters. The Labute approximate surface area is 361 Å². The minimum atomic E-state index is -1.57. The van der Waals surface area contributed by atoms with Gasteiger partial charge in [-0.15, -0.1) is 0 Å². The van der Waals surface area contributed by atoms with Crippen LogP contribution in [0.3, 0.4) is 0 Å². The number of carbonyl (C=O) groups is 1. The second kappa shape index (κ2) is 40.5. The molecule has 0 radical (unpaired) electrons. The van der Waals surface area contributed by atoms with Gasteiger partial charge >= 0.3 is 0 Å². The number of hydrogen-bond acceptors (Lipinski definition) is 8. The summed E-state index contributed by atoms with van der Waals surface area (Å²) in [4.78, 5) is 13.0. The van der Waals surface area contributed by atoms with Gasteiger partial charge in [-0.05, 0) is 44.9 Å². The Balaban J connectivity index is 2.35. The molecule has 0 aromatic rings. The van der Waals surface area contributed by atoms with Gasteiger partial charge in [0.1, 0.15) is 24.4 Å². The molecule has 1 aliphatic rings. The van der Waals surface area contributed by atoms with Crippen molar-refractivity contribution in [3.63, 3.8) is 0 Å². The van der Waals surface area contributed by atoms with Crippen molar-refractivity contribution in [3.8, 4) is 0 Å². The maximum Gasteiger partial charge on any atom is 0.220 e. The van der Waals surface area contributed by atoms with Gasteiger partial charge in [0.15, 0.2) is 6.29 Å². The summed E-state index contributed by atoms with van der Waals surface area (Å²) in [5.41, 5.74) is 0. The van der Waals surface area contributed by atoms with Crippen LogP contribution in [0.1, 0.15) is 219 Å². The van der Waals surface area contributed by atoms with Gasteiger partial charge in [-0.2, -0.15) is 0 Å². The number of aliphatic hydroxyl groups excluding tert-OH is 5. The first-order chi connectivity index (χ1) is 28.8. The first-order valence-corrected chi connectivity index (χ1v) is 24.7. The van der Waals surface area contributed by atoms with Gasteiger partial charge in [0.05, 0.1) is 25.4 Å². The zero-order valence-electron chi connectivity index (χ0n) is 38.0. The third kappa shape index (κ3) is 31.0. The molecule has 1 amide bonds. The van der Waals surface area contributed by atoms with Gasteiger partial charge in [0.2, 0.25) is 5.91 Å². The highest BCUT2D eigenvalue weighted by atomic mass is 16.7. The van der Waals surface area contributed by atoms with Crippen molar-refractivity contribution in [2.45, 2.75) is 262 Å². The average molecular weight is 836 g/mol. The second-order valence-corrected chi connectivity index (χ2v) is 17.2. The lowest BCUT2D eigenvalue weighted by atomic mass is 9.99. The SMILES string of the molecule is CCCCCCCCCCCCCC/C=C/CC/C=C/CC/C=C/C(O)C(COC1OC(CO)C(O)C(O)C1O)NC(=O)CCCCCCCCCCCCCCCC. The monoisotopic (exact) mass is 836 g/mol. The first-order valence-electron chi connectivity index (χ1n) is 24.7. The van der Waals surface area contributed by atoms with E-state index in [-0.39, 0.29) is 12.5 Å². The lowest BCUT2D eigenvalue weighted by Gasteiger charge is -2.40. The van der Waals surface area contributed by atoms with E-state index in [2.05, 4.69) is 43.5 Å². The number of rotatable bonds is 41. The standard InChI is InChI=1S/C50H93NO8/c1-3-5-7-9-11-13-15-17-19-20-21-22-23-24-25-26-27-29-31-33-35-37-39-44(53)43(42-58-50-49(57)48(56)47(55)45(41-52)59-50)51-46(54)40-38-36-34-32-30-28-18-16-14-12-10-8-6-4-2/h24-25,29,31,37,39,43-45,47-50,52-53,55-57H,3-23,26-28,30,32-36,38,40-42H2,1-2H3,(H,51,54)/b25-24+,31-29+,39-37+. The summed E-state index contributed by atoms with van der Waals surface area (Å²) in [5.74, 6) is -0.190. The maximum absolute atomic E-state index is 13.0. The van der Waals surface area contributed by atoms with Gasteiger partial charge in [-0.3, -0.25) is 4.79 Å². The summed E-state index contributed by atoms with van der Waals surface area (Å²) in [6, 6.07) is -0.824. The molecule has 7 unspecified atom stereocenters. The molecule has 346 valence electrons. The summed E-state index contributed by atoms with van der Waals surface area (Å²) in [6.45, 7) is 3.76. The largest absolute Gasteiger partial charge is 0.394 e. The molecule has 1 saturated heterocycles. The minimum Gasteiger partial charge on any atom is -0.394 e. The highest BCUT2D eigenvalue weighted by Crippen LogP contribution is 2.23. The molecule has 1 rings (SSSR count). The summed E-state index contributed by atoms with van der Waals surface area (Å²) in [6.07, 6.45) is 43.4. The fraction of sp³-hybridized carbons (Fsp3) is 0.860. The smallest absolute Gasteiger partial charge is 0.220 e. The maximum atomic E-state index is 13.0. The molecule has 0 aromatic heterocycles. The van der Waals surface area contributed by atoms with Crippen molar-refractivity contribution in [1.82, 2.24) is 5.32 Å². The highest BCUT2D eigenvalue weighted by molar-refractivity contribution is 5.76. The predicted molar refractivity (Wildman–Crippen MR) is 244 cm³/mol. The first kappa shape index (κ1) is 55.4. The topological polar surface area (TPSA) is 149 Å². The summed E-state index contributed by atoms with van der Waals surface area (Å²) in [5, 5.41) is 54.2. The molecule has 0 saturated carbocycles. The molecule has 9 nitrogen and oxygen atoms in total. The third-order valence-corrected chi connectivity index (χ3v) is 11.7. The number of nitrogens with one attached hydrogen (secondary N) is 1. The van der Waals surface area contributed by atoms with Crippen LogP contribution in [-0.2, 0) is 14.3 Å². The molecule has 1 heterocycles. The predicted octanol–water partition coefficient (Wildman–Crippen LogP) is 10.8. The molecular formula is C50H93NO8. The molecule has 0 spiro atoms. The number of hydrogen-bond donors (Lipinski definition) is 6. The second-order valence-electron chi connectivity index (χ2n) is 17.2. The van der Waals surface area contributed by atoms with E-state index in [9.17, 15) is 30.3 Å². The molecular weight excluding hydrogens is 743 g/mol. The van der Waals surface area contributed by atoms with Crippen LogP contribution in [0.25, 0.3) is 0 Å². The summed E-state index contributed by atoms with van der Waals surface area (Å²) < 4.78 is 11.2. The van der Waals surface area contributed by atoms with Crippen LogP contribution in [-0.4, -0.2) is 87.5 Å². The van der Waals surface area contributed by atoms with E-state index in [1.54, 1.807) is 6.08 Å². The van der Waals surface area contributed by atoms with Crippen LogP contribution >= 0.6 is 0 Å². The molecule has 0 aliphatic carbocycles. The lowest BCUT2D eigenvalue weighted by molar-refractivity contribution is -0.302. The van der Waals surface area contributed by atoms with Crippen molar-refractivity contribution >= 4 is 5.91 Å². The van der Waals surface area contributed by atoms with Crippen molar-refractivity contribution in [1.29, 1.82) is 0 Å². The summed E-state index contributed by atoms with van der Waals surface area (Å²) in [7, 11) is 0. The van der Waals surface area contributed by atoms with Crippen molar-refractivity contribution in [2.24, 2.45) is 0 Å². The number of ether oxygens (including phenoxy) is 2. The van der Waals surface area contributed by atoms with E-state index in [0.717, 1.165) is 44.9 Å². The molecule has 59 heavy (non-hydrogen) atoms. The van der Waals surface area contributed by atoms with Crippen LogP contribution in [0.15, 0.2) is 36.5 Å². The number of allylic oxidation sites excluding steroid dienone is 5.